The molecule has 1 N–H and O–H groups in total. The molecule has 5 nitrogen and oxygen atoms in total. The molecule has 0 fully saturated rings. The molecule has 20 heavy (non-hydrogen) atoms. The van der Waals surface area contributed by atoms with Crippen LogP contribution in [0.1, 0.15) is 13.3 Å². The van der Waals surface area contributed by atoms with Crippen LogP contribution in [-0.2, 0) is 4.79 Å². The Morgan fingerprint density at radius 2 is 2.15 bits per heavy atom. The number of aromatic nitrogens is 2. The molecule has 0 aliphatic rings. The number of thioether (sulfide) groups is 1. The van der Waals surface area contributed by atoms with E-state index in [1.54, 1.807) is 0 Å². The zero-order valence-electron chi connectivity index (χ0n) is 11.2. The van der Waals surface area contributed by atoms with Crippen molar-refractivity contribution >= 4 is 34.1 Å². The van der Waals surface area contributed by atoms with Crippen LogP contribution in [-0.4, -0.2) is 28.5 Å². The van der Waals surface area contributed by atoms with Crippen LogP contribution in [0.15, 0.2) is 34.7 Å². The lowest BCUT2D eigenvalue weighted by Gasteiger charge is -2.16. The molecule has 7 heteroatoms. The quantitative estimate of drug-likeness (QED) is 0.656. The van der Waals surface area contributed by atoms with Gasteiger partial charge in [-0.1, -0.05) is 48.2 Å². The molecule has 0 spiro atoms. The number of rotatable bonds is 6. The van der Waals surface area contributed by atoms with E-state index in [1.807, 2.05) is 43.5 Å². The Hall–Kier alpha value is -1.60. The molecule has 2 rings (SSSR count). The van der Waals surface area contributed by atoms with E-state index in [9.17, 15) is 4.79 Å². The van der Waals surface area contributed by atoms with Crippen LogP contribution in [0.3, 0.4) is 0 Å². The normalized spacial score (nSPS) is 11.9. The molecule has 0 unspecified atom stereocenters. The van der Waals surface area contributed by atoms with E-state index in [0.29, 0.717) is 17.3 Å². The molecule has 0 aliphatic heterocycles. The maximum absolute atomic E-state index is 12.1. The number of anilines is 1. The van der Waals surface area contributed by atoms with Crippen molar-refractivity contribution in [3.05, 3.63) is 30.3 Å². The van der Waals surface area contributed by atoms with Crippen molar-refractivity contribution in [1.29, 1.82) is 0 Å². The van der Waals surface area contributed by atoms with Crippen LogP contribution < -0.4 is 10.1 Å². The molecule has 0 radical (unpaired) electrons. The predicted molar refractivity (Wildman–Crippen MR) is 81.5 cm³/mol. The summed E-state index contributed by atoms with van der Waals surface area (Å²) in [5.41, 5.74) is 0. The number of nitrogens with one attached hydrogen (secondary N) is 1. The van der Waals surface area contributed by atoms with Crippen LogP contribution in [0.4, 0.5) is 5.13 Å². The van der Waals surface area contributed by atoms with Crippen LogP contribution in [0, 0.1) is 0 Å². The third-order valence-electron chi connectivity index (χ3n) is 2.50. The smallest absolute Gasteiger partial charge is 0.267 e. The third kappa shape index (κ3) is 3.94. The number of nitrogens with zero attached hydrogens (tertiary/aromatic N) is 2. The first-order valence-corrected chi connectivity index (χ1v) is 8.17. The van der Waals surface area contributed by atoms with Gasteiger partial charge in [0.2, 0.25) is 5.13 Å². The highest BCUT2D eigenvalue weighted by molar-refractivity contribution is 8.00. The molecule has 1 atom stereocenters. The van der Waals surface area contributed by atoms with Crippen molar-refractivity contribution in [3.8, 4) is 5.75 Å². The topological polar surface area (TPSA) is 64.1 Å². The number of ether oxygens (including phenoxy) is 1. The van der Waals surface area contributed by atoms with E-state index in [2.05, 4.69) is 15.5 Å². The molecule has 106 valence electrons. The first-order valence-electron chi connectivity index (χ1n) is 6.13. The lowest BCUT2D eigenvalue weighted by molar-refractivity contribution is -0.122. The minimum absolute atomic E-state index is 0.208. The second-order valence-corrected chi connectivity index (χ2v) is 5.93. The Labute approximate surface area is 125 Å². The van der Waals surface area contributed by atoms with Crippen molar-refractivity contribution in [1.82, 2.24) is 10.2 Å². The second kappa shape index (κ2) is 7.25. The van der Waals surface area contributed by atoms with Crippen LogP contribution >= 0.6 is 23.1 Å². The van der Waals surface area contributed by atoms with Gasteiger partial charge in [0.05, 0.1) is 0 Å². The average Bonchev–Trinajstić information content (AvgIpc) is 2.93. The summed E-state index contributed by atoms with van der Waals surface area (Å²) in [6.45, 7) is 1.90. The van der Waals surface area contributed by atoms with E-state index in [1.165, 1.54) is 23.1 Å². The SMILES string of the molecule is CC[C@H](Oc1ccccc1)C(=O)Nc1nnc(SC)s1. The summed E-state index contributed by atoms with van der Waals surface area (Å²) >= 11 is 2.84. The molecular formula is C13H15N3O2S2. The van der Waals surface area contributed by atoms with Crippen molar-refractivity contribution in [2.24, 2.45) is 0 Å². The van der Waals surface area contributed by atoms with Gasteiger partial charge in [-0.15, -0.1) is 10.2 Å². The van der Waals surface area contributed by atoms with E-state index < -0.39 is 6.10 Å². The Kier molecular flexibility index (Phi) is 5.37. The molecule has 1 aromatic heterocycles. The first kappa shape index (κ1) is 14.8. The molecular weight excluding hydrogens is 294 g/mol. The molecule has 2 aromatic rings. The summed E-state index contributed by atoms with van der Waals surface area (Å²) in [5.74, 6) is 0.469. The van der Waals surface area contributed by atoms with Gasteiger partial charge in [-0.05, 0) is 24.8 Å². The standard InChI is InChI=1S/C13H15N3O2S2/c1-3-10(18-9-7-5-4-6-8-9)11(17)14-12-15-16-13(19-2)20-12/h4-8,10H,3H2,1-2H3,(H,14,15,17)/t10-/m0/s1. The van der Waals surface area contributed by atoms with Gasteiger partial charge in [-0.3, -0.25) is 10.1 Å². The molecule has 0 saturated heterocycles. The Morgan fingerprint density at radius 3 is 2.75 bits per heavy atom. The monoisotopic (exact) mass is 309 g/mol. The summed E-state index contributed by atoms with van der Waals surface area (Å²) in [7, 11) is 0. The van der Waals surface area contributed by atoms with Crippen LogP contribution in [0.2, 0.25) is 0 Å². The summed E-state index contributed by atoms with van der Waals surface area (Å²) in [4.78, 5) is 12.1. The summed E-state index contributed by atoms with van der Waals surface area (Å²) in [6.07, 6.45) is 1.95. The van der Waals surface area contributed by atoms with E-state index in [0.717, 1.165) is 4.34 Å². The number of carbonyl (C=O) groups excluding carboxylic acids is 1. The largest absolute Gasteiger partial charge is 0.481 e. The summed E-state index contributed by atoms with van der Waals surface area (Å²) in [6, 6.07) is 9.30. The number of amides is 1. The van der Waals surface area contributed by atoms with Gasteiger partial charge in [0.25, 0.3) is 5.91 Å². The lowest BCUT2D eigenvalue weighted by Crippen LogP contribution is -2.32. The maximum atomic E-state index is 12.1. The summed E-state index contributed by atoms with van der Waals surface area (Å²) < 4.78 is 6.49. The number of hydrogen-bond acceptors (Lipinski definition) is 6. The molecule has 0 bridgehead atoms. The van der Waals surface area contributed by atoms with Crippen molar-refractivity contribution in [3.63, 3.8) is 0 Å². The Bertz CT molecular complexity index is 560. The highest BCUT2D eigenvalue weighted by Crippen LogP contribution is 2.23. The van der Waals surface area contributed by atoms with Gasteiger partial charge < -0.3 is 4.74 Å². The van der Waals surface area contributed by atoms with Gasteiger partial charge in [0, 0.05) is 0 Å². The van der Waals surface area contributed by atoms with Gasteiger partial charge >= 0.3 is 0 Å². The van der Waals surface area contributed by atoms with Gasteiger partial charge in [0.15, 0.2) is 10.4 Å². The fraction of sp³-hybridized carbons (Fsp3) is 0.308. The van der Waals surface area contributed by atoms with Crippen molar-refractivity contribution in [2.75, 3.05) is 11.6 Å². The van der Waals surface area contributed by atoms with Gasteiger partial charge in [-0.2, -0.15) is 0 Å². The van der Waals surface area contributed by atoms with E-state index in [4.69, 9.17) is 4.74 Å². The second-order valence-electron chi connectivity index (χ2n) is 3.89. The zero-order chi connectivity index (χ0) is 14.4. The molecule has 0 saturated carbocycles. The van der Waals surface area contributed by atoms with Crippen LogP contribution in [0.25, 0.3) is 0 Å². The minimum Gasteiger partial charge on any atom is -0.481 e. The average molecular weight is 309 g/mol. The van der Waals surface area contributed by atoms with Crippen molar-refractivity contribution < 1.29 is 9.53 Å². The van der Waals surface area contributed by atoms with Crippen LogP contribution in [0.5, 0.6) is 5.75 Å². The number of carbonyl (C=O) groups is 1. The molecule has 1 heterocycles. The fourth-order valence-corrected chi connectivity index (χ4v) is 2.69. The predicted octanol–water partition coefficient (Wildman–Crippen LogP) is 3.06. The van der Waals surface area contributed by atoms with E-state index in [-0.39, 0.29) is 5.91 Å². The fourth-order valence-electron chi connectivity index (χ4n) is 1.51. The lowest BCUT2D eigenvalue weighted by atomic mass is 10.2. The first-order chi connectivity index (χ1) is 9.72. The summed E-state index contributed by atoms with van der Waals surface area (Å²) in [5, 5.41) is 11.1. The van der Waals surface area contributed by atoms with Gasteiger partial charge in [0.1, 0.15) is 5.75 Å². The molecule has 1 aromatic carbocycles. The molecule has 0 aliphatic carbocycles. The number of para-hydroxylation sites is 1. The zero-order valence-corrected chi connectivity index (χ0v) is 12.8. The third-order valence-corrected chi connectivity index (χ3v) is 4.31. The number of hydrogen-bond donors (Lipinski definition) is 1. The van der Waals surface area contributed by atoms with Gasteiger partial charge in [-0.25, -0.2) is 0 Å². The maximum Gasteiger partial charge on any atom is 0.267 e. The number of benzene rings is 1. The Morgan fingerprint density at radius 1 is 1.40 bits per heavy atom. The highest BCUT2D eigenvalue weighted by atomic mass is 32.2. The minimum atomic E-state index is -0.543. The Balaban J connectivity index is 1.98. The highest BCUT2D eigenvalue weighted by Gasteiger charge is 2.19. The van der Waals surface area contributed by atoms with E-state index >= 15 is 0 Å². The van der Waals surface area contributed by atoms with Crippen molar-refractivity contribution in [2.45, 2.75) is 23.8 Å². The molecule has 1 amide bonds.